The molecule has 0 unspecified atom stereocenters. The van der Waals surface area contributed by atoms with E-state index in [9.17, 15) is 0 Å². The first-order chi connectivity index (χ1) is 26.6. The van der Waals surface area contributed by atoms with Crippen LogP contribution in [0.25, 0.3) is 66.1 Å². The van der Waals surface area contributed by atoms with Crippen molar-refractivity contribution < 1.29 is 0 Å². The molecule has 0 saturated carbocycles. The highest BCUT2D eigenvalue weighted by atomic mass is 15.1. The van der Waals surface area contributed by atoms with Crippen molar-refractivity contribution in [1.82, 2.24) is 0 Å². The molecule has 0 amide bonds. The third-order valence-corrected chi connectivity index (χ3v) is 11.5. The van der Waals surface area contributed by atoms with Gasteiger partial charge < -0.3 is 4.90 Å². The zero-order valence-corrected chi connectivity index (χ0v) is 30.5. The summed E-state index contributed by atoms with van der Waals surface area (Å²) in [5, 5.41) is 4.92. The second kappa shape index (κ2) is 12.8. The molecule has 0 aliphatic heterocycles. The molecule has 0 bridgehead atoms. The lowest BCUT2D eigenvalue weighted by Gasteiger charge is -2.31. The van der Waals surface area contributed by atoms with Crippen LogP contribution in [0.15, 0.2) is 200 Å². The summed E-state index contributed by atoms with van der Waals surface area (Å²) >= 11 is 0. The topological polar surface area (TPSA) is 3.24 Å². The predicted octanol–water partition coefficient (Wildman–Crippen LogP) is 14.8. The summed E-state index contributed by atoms with van der Waals surface area (Å²) in [6, 6.07) is 73.4. The van der Waals surface area contributed by atoms with Gasteiger partial charge in [0.25, 0.3) is 0 Å². The van der Waals surface area contributed by atoms with Gasteiger partial charge in [0, 0.05) is 22.1 Å². The maximum absolute atomic E-state index is 2.50. The second-order valence-corrected chi connectivity index (χ2v) is 14.9. The Morgan fingerprint density at radius 2 is 0.926 bits per heavy atom. The van der Waals surface area contributed by atoms with Crippen LogP contribution < -0.4 is 4.90 Å². The van der Waals surface area contributed by atoms with Gasteiger partial charge in [0.1, 0.15) is 0 Å². The van der Waals surface area contributed by atoms with Crippen LogP contribution in [-0.4, -0.2) is 0 Å². The summed E-state index contributed by atoms with van der Waals surface area (Å²) in [4.78, 5) is 2.50. The lowest BCUT2D eigenvalue weighted by molar-refractivity contribution is 0.660. The lowest BCUT2D eigenvalue weighted by Crippen LogP contribution is -2.17. The zero-order chi connectivity index (χ0) is 36.2. The predicted molar refractivity (Wildman–Crippen MR) is 230 cm³/mol. The minimum absolute atomic E-state index is 0.186. The van der Waals surface area contributed by atoms with Crippen molar-refractivity contribution in [3.05, 3.63) is 211 Å². The van der Waals surface area contributed by atoms with Gasteiger partial charge in [-0.2, -0.15) is 0 Å². The molecule has 0 atom stereocenters. The summed E-state index contributed by atoms with van der Waals surface area (Å²) in [5.74, 6) is 0. The van der Waals surface area contributed by atoms with Crippen molar-refractivity contribution >= 4 is 38.6 Å². The van der Waals surface area contributed by atoms with Gasteiger partial charge in [-0.1, -0.05) is 190 Å². The monoisotopic (exact) mass is 689 g/mol. The van der Waals surface area contributed by atoms with Gasteiger partial charge in [0.15, 0.2) is 0 Å². The number of nitrogens with zero attached hydrogens (tertiary/aromatic N) is 1. The number of hydrogen-bond donors (Lipinski definition) is 0. The molecule has 0 aromatic heterocycles. The van der Waals surface area contributed by atoms with Gasteiger partial charge in [0.2, 0.25) is 0 Å². The van der Waals surface area contributed by atoms with Crippen LogP contribution in [0.4, 0.5) is 17.1 Å². The van der Waals surface area contributed by atoms with Gasteiger partial charge in [-0.05, 0) is 90.5 Å². The Kier molecular flexibility index (Phi) is 7.56. The van der Waals surface area contributed by atoms with Crippen molar-refractivity contribution in [1.29, 1.82) is 0 Å². The molecule has 0 N–H and O–H groups in total. The standard InChI is InChI=1S/C53H39N/c1-53(2)47-28-16-27-43(37-17-5-3-6-18-37)52(47)46-34-32-40(35-48(46)53)54(49-30-15-23-36-19-9-11-24-41(36)49)50-29-14-13-26-44(50)45-33-31-38-20-10-12-25-42(38)51(45)39-21-7-4-8-22-39/h3-35H,1-2H3. The van der Waals surface area contributed by atoms with Gasteiger partial charge in [-0.15, -0.1) is 0 Å². The summed E-state index contributed by atoms with van der Waals surface area (Å²) in [6.07, 6.45) is 0. The van der Waals surface area contributed by atoms with Crippen LogP contribution in [0, 0.1) is 0 Å². The Balaban J connectivity index is 1.24. The Morgan fingerprint density at radius 1 is 0.352 bits per heavy atom. The SMILES string of the molecule is CC1(C)c2cc(N(c3ccccc3-c3ccc4ccccc4c3-c3ccccc3)c3cccc4ccccc34)ccc2-c2c(-c3ccccc3)cccc21. The van der Waals surface area contributed by atoms with E-state index in [4.69, 9.17) is 0 Å². The average Bonchev–Trinajstić information content (AvgIpc) is 3.47. The molecule has 0 heterocycles. The fourth-order valence-electron chi connectivity index (χ4n) is 8.89. The zero-order valence-electron chi connectivity index (χ0n) is 30.5. The van der Waals surface area contributed by atoms with E-state index in [2.05, 4.69) is 219 Å². The first-order valence-corrected chi connectivity index (χ1v) is 18.9. The minimum Gasteiger partial charge on any atom is -0.309 e. The first-order valence-electron chi connectivity index (χ1n) is 18.9. The average molecular weight is 690 g/mol. The Labute approximate surface area is 317 Å². The Bertz CT molecular complexity index is 2840. The van der Waals surface area contributed by atoms with Crippen molar-refractivity contribution in [2.24, 2.45) is 0 Å². The fourth-order valence-corrected chi connectivity index (χ4v) is 8.89. The third-order valence-electron chi connectivity index (χ3n) is 11.5. The highest BCUT2D eigenvalue weighted by Crippen LogP contribution is 2.54. The van der Waals surface area contributed by atoms with E-state index in [1.807, 2.05) is 0 Å². The molecule has 0 saturated heterocycles. The molecular weight excluding hydrogens is 651 g/mol. The summed E-state index contributed by atoms with van der Waals surface area (Å²) in [5.41, 5.74) is 16.0. The summed E-state index contributed by atoms with van der Waals surface area (Å²) < 4.78 is 0. The number of anilines is 3. The number of hydrogen-bond acceptors (Lipinski definition) is 1. The normalized spacial score (nSPS) is 12.8. The molecule has 1 heteroatoms. The highest BCUT2D eigenvalue weighted by molar-refractivity contribution is 6.08. The van der Waals surface area contributed by atoms with Crippen LogP contribution in [0.1, 0.15) is 25.0 Å². The van der Waals surface area contributed by atoms with Crippen LogP contribution in [0.3, 0.4) is 0 Å². The molecule has 1 aliphatic rings. The second-order valence-electron chi connectivity index (χ2n) is 14.9. The lowest BCUT2D eigenvalue weighted by atomic mass is 9.81. The summed E-state index contributed by atoms with van der Waals surface area (Å²) in [7, 11) is 0. The van der Waals surface area contributed by atoms with E-state index >= 15 is 0 Å². The van der Waals surface area contributed by atoms with Crippen molar-refractivity contribution in [2.75, 3.05) is 4.90 Å². The minimum atomic E-state index is -0.186. The van der Waals surface area contributed by atoms with Gasteiger partial charge in [-0.25, -0.2) is 0 Å². The number of benzene rings is 9. The van der Waals surface area contributed by atoms with Crippen LogP contribution in [0.2, 0.25) is 0 Å². The number of fused-ring (bicyclic) bond motifs is 5. The molecule has 1 nitrogen and oxygen atoms in total. The van der Waals surface area contributed by atoms with Gasteiger partial charge in [0.05, 0.1) is 11.4 Å². The molecule has 1 aliphatic carbocycles. The smallest absolute Gasteiger partial charge is 0.0540 e. The molecule has 9 aromatic carbocycles. The number of para-hydroxylation sites is 1. The quantitative estimate of drug-likeness (QED) is 0.168. The van der Waals surface area contributed by atoms with E-state index in [-0.39, 0.29) is 5.41 Å². The molecule has 9 aromatic rings. The third kappa shape index (κ3) is 5.08. The van der Waals surface area contributed by atoms with E-state index in [1.165, 1.54) is 77.2 Å². The van der Waals surface area contributed by atoms with Crippen molar-refractivity contribution in [2.45, 2.75) is 19.3 Å². The summed E-state index contributed by atoms with van der Waals surface area (Å²) in [6.45, 7) is 4.77. The largest absolute Gasteiger partial charge is 0.309 e. The molecule has 54 heavy (non-hydrogen) atoms. The Morgan fingerprint density at radius 3 is 1.72 bits per heavy atom. The van der Waals surface area contributed by atoms with E-state index in [1.54, 1.807) is 0 Å². The molecular formula is C53H39N. The maximum atomic E-state index is 2.50. The number of rotatable bonds is 6. The van der Waals surface area contributed by atoms with Gasteiger partial charge in [-0.3, -0.25) is 0 Å². The van der Waals surface area contributed by atoms with Crippen LogP contribution in [-0.2, 0) is 5.41 Å². The van der Waals surface area contributed by atoms with E-state index in [0.717, 1.165) is 17.1 Å². The van der Waals surface area contributed by atoms with E-state index < -0.39 is 0 Å². The maximum Gasteiger partial charge on any atom is 0.0540 e. The molecule has 0 spiro atoms. The first kappa shape index (κ1) is 32.0. The molecule has 0 fully saturated rings. The molecule has 256 valence electrons. The van der Waals surface area contributed by atoms with Crippen LogP contribution >= 0.6 is 0 Å². The van der Waals surface area contributed by atoms with Crippen molar-refractivity contribution in [3.63, 3.8) is 0 Å². The van der Waals surface area contributed by atoms with E-state index in [0.29, 0.717) is 0 Å². The van der Waals surface area contributed by atoms with Crippen LogP contribution in [0.5, 0.6) is 0 Å². The Hall–Kier alpha value is -6.70. The fraction of sp³-hybridized carbons (Fsp3) is 0.0566. The molecule has 10 rings (SSSR count). The van der Waals surface area contributed by atoms with Crippen molar-refractivity contribution in [3.8, 4) is 44.5 Å². The highest BCUT2D eigenvalue weighted by Gasteiger charge is 2.37. The van der Waals surface area contributed by atoms with Gasteiger partial charge >= 0.3 is 0 Å². The molecule has 0 radical (unpaired) electrons.